The zero-order chi connectivity index (χ0) is 25.5. The maximum absolute atomic E-state index is 12.8. The maximum Gasteiger partial charge on any atom is 0.138 e. The van der Waals surface area contributed by atoms with E-state index in [9.17, 15) is 20.1 Å². The summed E-state index contributed by atoms with van der Waals surface area (Å²) in [5.41, 5.74) is -2.21. The zero-order valence-electron chi connectivity index (χ0n) is 22.9. The molecule has 4 rings (SSSR count). The molecule has 0 radical (unpaired) electrons. The summed E-state index contributed by atoms with van der Waals surface area (Å²) in [4.78, 5) is 12.8. The van der Waals surface area contributed by atoms with Gasteiger partial charge in [0.25, 0.3) is 0 Å². The van der Waals surface area contributed by atoms with Crippen LogP contribution in [0.5, 0.6) is 0 Å². The van der Waals surface area contributed by atoms with Crippen LogP contribution in [0.4, 0.5) is 0 Å². The van der Waals surface area contributed by atoms with Crippen LogP contribution in [0.3, 0.4) is 0 Å². The molecule has 4 aliphatic rings. The van der Waals surface area contributed by atoms with Crippen molar-refractivity contribution >= 4 is 5.78 Å². The van der Waals surface area contributed by atoms with Crippen molar-refractivity contribution in [2.24, 2.45) is 45.3 Å². The molecule has 0 heterocycles. The fourth-order valence-corrected chi connectivity index (χ4v) is 10.2. The predicted molar refractivity (Wildman–Crippen MR) is 136 cm³/mol. The highest BCUT2D eigenvalue weighted by molar-refractivity contribution is 5.85. The van der Waals surface area contributed by atoms with Crippen molar-refractivity contribution in [3.8, 4) is 0 Å². The van der Waals surface area contributed by atoms with Gasteiger partial charge < -0.3 is 15.3 Å². The lowest BCUT2D eigenvalue weighted by Gasteiger charge is -2.66. The first-order valence-electron chi connectivity index (χ1n) is 13.7. The van der Waals surface area contributed by atoms with Gasteiger partial charge in [0.2, 0.25) is 0 Å². The van der Waals surface area contributed by atoms with E-state index < -0.39 is 17.3 Å². The lowest BCUT2D eigenvalue weighted by Crippen LogP contribution is -2.61. The van der Waals surface area contributed by atoms with Gasteiger partial charge in [0, 0.05) is 17.8 Å². The van der Waals surface area contributed by atoms with Gasteiger partial charge in [0.1, 0.15) is 5.78 Å². The van der Waals surface area contributed by atoms with E-state index in [1.54, 1.807) is 19.9 Å². The lowest BCUT2D eigenvalue weighted by atomic mass is 9.38. The highest BCUT2D eigenvalue weighted by Crippen LogP contribution is 2.74. The third-order valence-corrected chi connectivity index (χ3v) is 11.9. The molecule has 4 saturated carbocycles. The topological polar surface area (TPSA) is 77.8 Å². The second-order valence-corrected chi connectivity index (χ2v) is 14.7. The molecule has 0 saturated heterocycles. The molecule has 0 aromatic carbocycles. The van der Waals surface area contributed by atoms with Crippen molar-refractivity contribution in [1.29, 1.82) is 0 Å². The number of hydrogen-bond acceptors (Lipinski definition) is 4. The number of carbonyl (C=O) groups is 1. The third-order valence-electron chi connectivity index (χ3n) is 11.9. The molecule has 194 valence electrons. The fourth-order valence-electron chi connectivity index (χ4n) is 10.2. The maximum atomic E-state index is 12.8. The van der Waals surface area contributed by atoms with Crippen LogP contribution in [0.15, 0.2) is 12.2 Å². The first-order chi connectivity index (χ1) is 15.4. The number of rotatable bonds is 4. The fraction of sp³-hybridized carbons (Fsp3) is 0.900. The predicted octanol–water partition coefficient (Wildman–Crippen LogP) is 5.68. The molecule has 34 heavy (non-hydrogen) atoms. The van der Waals surface area contributed by atoms with Crippen LogP contribution in [0, 0.1) is 45.3 Å². The molecule has 4 nitrogen and oxygen atoms in total. The van der Waals surface area contributed by atoms with E-state index in [1.165, 1.54) is 0 Å². The van der Waals surface area contributed by atoms with Gasteiger partial charge in [-0.3, -0.25) is 4.79 Å². The molecule has 0 aliphatic heterocycles. The number of aliphatic hydroxyl groups excluding tert-OH is 1. The quantitative estimate of drug-likeness (QED) is 0.458. The van der Waals surface area contributed by atoms with E-state index in [1.807, 2.05) is 13.0 Å². The Morgan fingerprint density at radius 2 is 1.59 bits per heavy atom. The normalized spacial score (nSPS) is 48.2. The molecule has 4 aliphatic carbocycles. The Balaban J connectivity index is 1.65. The van der Waals surface area contributed by atoms with E-state index in [0.29, 0.717) is 36.4 Å². The highest BCUT2D eigenvalue weighted by Gasteiger charge is 2.70. The zero-order valence-corrected chi connectivity index (χ0v) is 22.9. The molecule has 0 aromatic rings. The van der Waals surface area contributed by atoms with E-state index in [4.69, 9.17) is 0 Å². The Morgan fingerprint density at radius 3 is 2.21 bits per heavy atom. The molecular weight excluding hydrogens is 424 g/mol. The van der Waals surface area contributed by atoms with Crippen molar-refractivity contribution in [3.63, 3.8) is 0 Å². The minimum absolute atomic E-state index is 0.0382. The second kappa shape index (κ2) is 7.89. The SMILES string of the molecule is CC(C)(O)/C=C/C[C@](C)(O)[C@H]1[C@@H](O)C[C@@]2(C)[C@@H]3CC[C@@H]4C(C)(C)C(=O)CC[C@@]4(C)[C@@H]3CC[C@@]12C. The summed E-state index contributed by atoms with van der Waals surface area (Å²) in [6, 6.07) is 0. The summed E-state index contributed by atoms with van der Waals surface area (Å²) in [6.45, 7) is 16.9. The molecular formula is C30H50O4. The average Bonchev–Trinajstić information content (AvgIpc) is 2.89. The molecule has 4 fully saturated rings. The lowest BCUT2D eigenvalue weighted by molar-refractivity contribution is -0.192. The summed E-state index contributed by atoms with van der Waals surface area (Å²) in [5.74, 6) is 1.76. The molecule has 0 amide bonds. The van der Waals surface area contributed by atoms with E-state index in [-0.39, 0.29) is 27.6 Å². The first kappa shape index (κ1) is 26.4. The van der Waals surface area contributed by atoms with Gasteiger partial charge in [-0.25, -0.2) is 0 Å². The molecule has 9 atom stereocenters. The summed E-state index contributed by atoms with van der Waals surface area (Å²) in [6.07, 6.45) is 10.3. The number of fused-ring (bicyclic) bond motifs is 5. The van der Waals surface area contributed by atoms with Gasteiger partial charge in [-0.15, -0.1) is 0 Å². The van der Waals surface area contributed by atoms with Crippen molar-refractivity contribution < 1.29 is 20.1 Å². The molecule has 4 heteroatoms. The highest BCUT2D eigenvalue weighted by atomic mass is 16.3. The Kier molecular flexibility index (Phi) is 6.12. The van der Waals surface area contributed by atoms with Crippen molar-refractivity contribution in [1.82, 2.24) is 0 Å². The van der Waals surface area contributed by atoms with Gasteiger partial charge in [0.05, 0.1) is 17.3 Å². The van der Waals surface area contributed by atoms with Crippen molar-refractivity contribution in [2.75, 3.05) is 0 Å². The smallest absolute Gasteiger partial charge is 0.138 e. The summed E-state index contributed by atoms with van der Waals surface area (Å²) in [5, 5.41) is 33.2. The van der Waals surface area contributed by atoms with E-state index in [2.05, 4.69) is 34.6 Å². The van der Waals surface area contributed by atoms with Gasteiger partial charge in [-0.1, -0.05) is 46.8 Å². The van der Waals surface area contributed by atoms with Gasteiger partial charge >= 0.3 is 0 Å². The summed E-state index contributed by atoms with van der Waals surface area (Å²) < 4.78 is 0. The van der Waals surface area contributed by atoms with Crippen molar-refractivity contribution in [3.05, 3.63) is 12.2 Å². The summed E-state index contributed by atoms with van der Waals surface area (Å²) in [7, 11) is 0. The molecule has 0 unspecified atom stereocenters. The summed E-state index contributed by atoms with van der Waals surface area (Å²) >= 11 is 0. The van der Waals surface area contributed by atoms with Gasteiger partial charge in [0.15, 0.2) is 0 Å². The number of hydrogen-bond donors (Lipinski definition) is 3. The van der Waals surface area contributed by atoms with Crippen LogP contribution in [0.1, 0.15) is 107 Å². The Morgan fingerprint density at radius 1 is 0.941 bits per heavy atom. The molecule has 0 aromatic heterocycles. The Bertz CT molecular complexity index is 850. The average molecular weight is 475 g/mol. The Hall–Kier alpha value is -0.710. The Labute approximate surface area is 207 Å². The number of ketones is 1. The molecule has 0 bridgehead atoms. The second-order valence-electron chi connectivity index (χ2n) is 14.7. The van der Waals surface area contributed by atoms with Gasteiger partial charge in [-0.05, 0) is 99.7 Å². The number of Topliss-reactive ketones (excluding diaryl/α,β-unsaturated/α-hetero) is 1. The standard InChI is InChI=1S/C30H50O4/c1-25(2,33)14-9-15-30(8,34)24-21(31)18-29(7)20-10-11-22-26(3,4)23(32)13-16-27(22,5)19(20)12-17-28(24,29)6/h9,14,19-22,24,31,33-34H,10-13,15-18H2,1-8H3/b14-9+/t19-,20-,21+,22-,24+,27+,28+,29+,30+/m1/s1. The monoisotopic (exact) mass is 474 g/mol. The minimum Gasteiger partial charge on any atom is -0.393 e. The van der Waals surface area contributed by atoms with E-state index in [0.717, 1.165) is 38.5 Å². The van der Waals surface area contributed by atoms with E-state index >= 15 is 0 Å². The number of carbonyl (C=O) groups excluding carboxylic acids is 1. The third kappa shape index (κ3) is 3.68. The van der Waals surface area contributed by atoms with Crippen LogP contribution < -0.4 is 0 Å². The molecule has 0 spiro atoms. The van der Waals surface area contributed by atoms with Crippen LogP contribution >= 0.6 is 0 Å². The van der Waals surface area contributed by atoms with Crippen LogP contribution in [0.2, 0.25) is 0 Å². The largest absolute Gasteiger partial charge is 0.393 e. The van der Waals surface area contributed by atoms with Crippen LogP contribution in [-0.4, -0.2) is 38.4 Å². The van der Waals surface area contributed by atoms with Crippen molar-refractivity contribution in [2.45, 2.75) is 124 Å². The van der Waals surface area contributed by atoms with Gasteiger partial charge in [-0.2, -0.15) is 0 Å². The van der Waals surface area contributed by atoms with Crippen LogP contribution in [-0.2, 0) is 4.79 Å². The molecule has 3 N–H and O–H groups in total. The minimum atomic E-state index is -1.04. The van der Waals surface area contributed by atoms with Crippen LogP contribution in [0.25, 0.3) is 0 Å². The first-order valence-corrected chi connectivity index (χ1v) is 13.7. The number of aliphatic hydroxyl groups is 3.